The summed E-state index contributed by atoms with van der Waals surface area (Å²) < 4.78 is 2.64. The number of hydrogen-bond donors (Lipinski definition) is 0. The Morgan fingerprint density at radius 3 is 1.83 bits per heavy atom. The molecule has 63 heavy (non-hydrogen) atoms. The highest BCUT2D eigenvalue weighted by Crippen LogP contribution is 2.53. The van der Waals surface area contributed by atoms with Crippen LogP contribution in [0.4, 0.5) is 17.1 Å². The minimum Gasteiger partial charge on any atom is -0.310 e. The van der Waals surface area contributed by atoms with Crippen LogP contribution in [0.1, 0.15) is 25.0 Å². The second kappa shape index (κ2) is 14.8. The Kier molecular flexibility index (Phi) is 8.77. The van der Waals surface area contributed by atoms with Gasteiger partial charge in [0.1, 0.15) is 0 Å². The molecule has 0 aliphatic heterocycles. The quantitative estimate of drug-likeness (QED) is 0.155. The van der Waals surface area contributed by atoms with E-state index < -0.39 is 0 Å². The summed E-state index contributed by atoms with van der Waals surface area (Å²) in [5.74, 6) is 0. The molecule has 11 aromatic rings. The smallest absolute Gasteiger partial charge is 0.0540 e. The normalized spacial score (nSPS) is 12.7. The molecular formula is C61H43NS. The highest BCUT2D eigenvalue weighted by Gasteiger charge is 2.37. The molecule has 0 atom stereocenters. The van der Waals surface area contributed by atoms with E-state index in [0.29, 0.717) is 0 Å². The van der Waals surface area contributed by atoms with Crippen LogP contribution in [-0.4, -0.2) is 0 Å². The predicted octanol–water partition coefficient (Wildman–Crippen LogP) is 17.7. The Hall–Kier alpha value is -7.52. The molecule has 0 bridgehead atoms. The third-order valence-corrected chi connectivity index (χ3v) is 14.5. The fourth-order valence-electron chi connectivity index (χ4n) is 10.4. The van der Waals surface area contributed by atoms with Gasteiger partial charge in [-0.05, 0) is 108 Å². The van der Waals surface area contributed by atoms with Gasteiger partial charge in [0, 0.05) is 42.5 Å². The average Bonchev–Trinajstić information content (AvgIpc) is 3.84. The van der Waals surface area contributed by atoms with E-state index in [2.05, 4.69) is 243 Å². The molecule has 1 heterocycles. The van der Waals surface area contributed by atoms with Gasteiger partial charge in [0.2, 0.25) is 0 Å². The van der Waals surface area contributed by atoms with Gasteiger partial charge in [0.25, 0.3) is 0 Å². The van der Waals surface area contributed by atoms with E-state index in [-0.39, 0.29) is 5.41 Å². The van der Waals surface area contributed by atoms with Gasteiger partial charge in [0.05, 0.1) is 5.69 Å². The third kappa shape index (κ3) is 6.05. The van der Waals surface area contributed by atoms with E-state index in [0.717, 1.165) is 17.1 Å². The summed E-state index contributed by atoms with van der Waals surface area (Å²) in [6.45, 7) is 4.75. The molecule has 298 valence electrons. The minimum atomic E-state index is -0.136. The van der Waals surface area contributed by atoms with Crippen LogP contribution in [0.15, 0.2) is 224 Å². The topological polar surface area (TPSA) is 3.24 Å². The van der Waals surface area contributed by atoms with Crippen molar-refractivity contribution in [2.75, 3.05) is 4.90 Å². The van der Waals surface area contributed by atoms with Gasteiger partial charge in [-0.2, -0.15) is 0 Å². The van der Waals surface area contributed by atoms with Crippen LogP contribution in [0.25, 0.3) is 86.6 Å². The molecule has 0 unspecified atom stereocenters. The maximum atomic E-state index is 2.47. The Balaban J connectivity index is 1.06. The number of fused-ring (bicyclic) bond motifs is 7. The fraction of sp³-hybridized carbons (Fsp3) is 0.0492. The maximum Gasteiger partial charge on any atom is 0.0540 e. The molecule has 12 rings (SSSR count). The molecule has 0 spiro atoms. The third-order valence-electron chi connectivity index (χ3n) is 13.3. The van der Waals surface area contributed by atoms with Gasteiger partial charge in [0.15, 0.2) is 0 Å². The van der Waals surface area contributed by atoms with Crippen LogP contribution >= 0.6 is 11.3 Å². The van der Waals surface area contributed by atoms with Gasteiger partial charge in [-0.15, -0.1) is 11.3 Å². The number of hydrogen-bond acceptors (Lipinski definition) is 2. The van der Waals surface area contributed by atoms with Crippen LogP contribution in [0.5, 0.6) is 0 Å². The van der Waals surface area contributed by atoms with Crippen LogP contribution in [0.2, 0.25) is 0 Å². The van der Waals surface area contributed by atoms with Crippen molar-refractivity contribution < 1.29 is 0 Å². The minimum absolute atomic E-state index is 0.136. The summed E-state index contributed by atoms with van der Waals surface area (Å²) in [6.07, 6.45) is 0. The molecule has 0 fully saturated rings. The predicted molar refractivity (Wildman–Crippen MR) is 271 cm³/mol. The molecular weight excluding hydrogens is 779 g/mol. The molecule has 1 nitrogen and oxygen atoms in total. The second-order valence-corrected chi connectivity index (χ2v) is 18.3. The maximum absolute atomic E-state index is 2.47. The van der Waals surface area contributed by atoms with Crippen molar-refractivity contribution in [1.29, 1.82) is 0 Å². The van der Waals surface area contributed by atoms with Gasteiger partial charge in [-0.3, -0.25) is 0 Å². The van der Waals surface area contributed by atoms with Crippen LogP contribution in [-0.2, 0) is 5.41 Å². The molecule has 1 aromatic heterocycles. The SMILES string of the molecule is CC1(C)c2ccccc2-c2cccc(-c3cccc(N(c4ccc(-c5cccc6c5sc5ccccc56)cc4)c4ccccc4-c4cccc5cccc(-c6ccccc6)c45)c3)c21. The fourth-order valence-corrected chi connectivity index (χ4v) is 11.7. The number of para-hydroxylation sites is 1. The van der Waals surface area contributed by atoms with E-state index >= 15 is 0 Å². The second-order valence-electron chi connectivity index (χ2n) is 17.2. The Morgan fingerprint density at radius 2 is 0.968 bits per heavy atom. The largest absolute Gasteiger partial charge is 0.310 e. The van der Waals surface area contributed by atoms with Crippen molar-refractivity contribution in [3.63, 3.8) is 0 Å². The Bertz CT molecular complexity index is 3530. The number of benzene rings is 10. The molecule has 1 aliphatic rings. The molecule has 1 aliphatic carbocycles. The van der Waals surface area contributed by atoms with Crippen molar-refractivity contribution in [2.45, 2.75) is 19.3 Å². The Morgan fingerprint density at radius 1 is 0.381 bits per heavy atom. The molecule has 0 N–H and O–H groups in total. The van der Waals surface area contributed by atoms with E-state index in [4.69, 9.17) is 0 Å². The molecule has 0 amide bonds. The molecule has 0 saturated carbocycles. The van der Waals surface area contributed by atoms with Crippen molar-refractivity contribution in [3.8, 4) is 55.6 Å². The monoisotopic (exact) mass is 821 g/mol. The summed E-state index contributed by atoms with van der Waals surface area (Å²) in [6, 6.07) is 82.8. The first-order valence-electron chi connectivity index (χ1n) is 21.8. The highest BCUT2D eigenvalue weighted by atomic mass is 32.1. The van der Waals surface area contributed by atoms with E-state index in [1.807, 2.05) is 11.3 Å². The summed E-state index contributed by atoms with van der Waals surface area (Å²) in [7, 11) is 0. The van der Waals surface area contributed by atoms with Gasteiger partial charge >= 0.3 is 0 Å². The summed E-state index contributed by atoms with van der Waals surface area (Å²) in [4.78, 5) is 2.47. The van der Waals surface area contributed by atoms with E-state index in [9.17, 15) is 0 Å². The van der Waals surface area contributed by atoms with Gasteiger partial charge in [-0.25, -0.2) is 0 Å². The first kappa shape index (κ1) is 37.3. The number of anilines is 3. The zero-order valence-corrected chi connectivity index (χ0v) is 36.0. The van der Waals surface area contributed by atoms with E-state index in [1.165, 1.54) is 97.7 Å². The first-order valence-corrected chi connectivity index (χ1v) is 22.7. The van der Waals surface area contributed by atoms with Crippen LogP contribution in [0, 0.1) is 0 Å². The molecule has 2 heteroatoms. The van der Waals surface area contributed by atoms with Crippen molar-refractivity contribution in [2.24, 2.45) is 0 Å². The zero-order chi connectivity index (χ0) is 42.1. The lowest BCUT2D eigenvalue weighted by molar-refractivity contribution is 0.662. The summed E-state index contributed by atoms with van der Waals surface area (Å²) in [5.41, 5.74) is 18.4. The van der Waals surface area contributed by atoms with Gasteiger partial charge < -0.3 is 4.90 Å². The standard InChI is InChI=1S/C61H43NS/c1-61(2)55-32-9-6-23-49(55)53-30-15-27-47(59(53)61)43-21-12-22-45(39-43)62(44-37-35-41(36-38-44)48-28-16-31-54-51-25-8-11-34-57(51)63-60(48)54)56-33-10-7-24-50(56)52-29-14-20-42-19-13-26-46(58(42)52)40-17-4-3-5-18-40/h3-39H,1-2H3. The number of nitrogens with zero attached hydrogens (tertiary/aromatic N) is 1. The van der Waals surface area contributed by atoms with Crippen molar-refractivity contribution in [1.82, 2.24) is 0 Å². The van der Waals surface area contributed by atoms with Crippen molar-refractivity contribution >= 4 is 59.3 Å². The number of rotatable bonds is 7. The van der Waals surface area contributed by atoms with Crippen molar-refractivity contribution in [3.05, 3.63) is 236 Å². The average molecular weight is 822 g/mol. The number of thiophene rings is 1. The highest BCUT2D eigenvalue weighted by molar-refractivity contribution is 7.26. The Labute approximate surface area is 372 Å². The van der Waals surface area contributed by atoms with Crippen LogP contribution in [0.3, 0.4) is 0 Å². The van der Waals surface area contributed by atoms with E-state index in [1.54, 1.807) is 0 Å². The molecule has 0 radical (unpaired) electrons. The summed E-state index contributed by atoms with van der Waals surface area (Å²) >= 11 is 1.88. The lowest BCUT2D eigenvalue weighted by Crippen LogP contribution is -2.16. The molecule has 10 aromatic carbocycles. The lowest BCUT2D eigenvalue weighted by atomic mass is 9.79. The summed E-state index contributed by atoms with van der Waals surface area (Å²) in [5, 5.41) is 5.10. The molecule has 0 saturated heterocycles. The zero-order valence-electron chi connectivity index (χ0n) is 35.2. The van der Waals surface area contributed by atoms with Crippen LogP contribution < -0.4 is 4.90 Å². The lowest BCUT2D eigenvalue weighted by Gasteiger charge is -2.29. The first-order chi connectivity index (χ1) is 31.0. The van der Waals surface area contributed by atoms with Gasteiger partial charge in [-0.1, -0.05) is 202 Å².